The maximum Gasteiger partial charge on any atom is 0.0697 e. The fourth-order valence-corrected chi connectivity index (χ4v) is 2.51. The number of nitrogens with zero attached hydrogens (tertiary/aromatic N) is 1. The molecule has 3 nitrogen and oxygen atoms in total. The van der Waals surface area contributed by atoms with Crippen molar-refractivity contribution in [3.8, 4) is 0 Å². The van der Waals surface area contributed by atoms with Gasteiger partial charge in [-0.05, 0) is 51.3 Å². The number of pyridine rings is 1. The third-order valence-electron chi connectivity index (χ3n) is 3.96. The molecule has 1 fully saturated rings. The molecule has 3 heteroatoms. The van der Waals surface area contributed by atoms with E-state index in [-0.39, 0.29) is 5.60 Å². The van der Waals surface area contributed by atoms with Crippen LogP contribution in [0.25, 0.3) is 0 Å². The van der Waals surface area contributed by atoms with Crippen LogP contribution in [-0.4, -0.2) is 24.7 Å². The summed E-state index contributed by atoms with van der Waals surface area (Å²) in [6.45, 7) is 2.01. The first-order chi connectivity index (χ1) is 8.19. The first-order valence-electron chi connectivity index (χ1n) is 6.34. The number of aryl methyl sites for hydroxylation is 1. The number of methoxy groups -OCH3 is 1. The monoisotopic (exact) mass is 234 g/mol. The molecule has 1 N–H and O–H groups in total. The first kappa shape index (κ1) is 12.5. The van der Waals surface area contributed by atoms with Gasteiger partial charge in [0.05, 0.1) is 5.60 Å². The van der Waals surface area contributed by atoms with Crippen molar-refractivity contribution in [1.82, 2.24) is 10.3 Å². The molecule has 17 heavy (non-hydrogen) atoms. The second kappa shape index (κ2) is 5.15. The van der Waals surface area contributed by atoms with Crippen molar-refractivity contribution in [2.45, 2.75) is 44.2 Å². The van der Waals surface area contributed by atoms with Crippen LogP contribution in [0.1, 0.15) is 43.0 Å². The van der Waals surface area contributed by atoms with Gasteiger partial charge in [0.1, 0.15) is 0 Å². The van der Waals surface area contributed by atoms with E-state index in [2.05, 4.69) is 22.4 Å². The summed E-state index contributed by atoms with van der Waals surface area (Å²) in [6, 6.07) is 4.56. The summed E-state index contributed by atoms with van der Waals surface area (Å²) >= 11 is 0. The van der Waals surface area contributed by atoms with Crippen molar-refractivity contribution >= 4 is 0 Å². The average Bonchev–Trinajstić information content (AvgIpc) is 2.30. The Hall–Kier alpha value is -0.930. The maximum atomic E-state index is 5.69. The van der Waals surface area contributed by atoms with Gasteiger partial charge in [-0.25, -0.2) is 0 Å². The number of rotatable bonds is 5. The lowest BCUT2D eigenvalue weighted by molar-refractivity contribution is -0.0834. The van der Waals surface area contributed by atoms with E-state index in [1.54, 1.807) is 0 Å². The van der Waals surface area contributed by atoms with Crippen LogP contribution >= 0.6 is 0 Å². The standard InChI is InChI=1S/C14H22N2O/c1-11-5-6-12(10-16-11)13(15-2)9-14(17-3)7-4-8-14/h5-6,10,13,15H,4,7-9H2,1-3H3. The van der Waals surface area contributed by atoms with E-state index in [0.29, 0.717) is 6.04 Å². The smallest absolute Gasteiger partial charge is 0.0697 e. The molecule has 0 aliphatic heterocycles. The van der Waals surface area contributed by atoms with Gasteiger partial charge >= 0.3 is 0 Å². The van der Waals surface area contributed by atoms with Gasteiger partial charge in [-0.3, -0.25) is 4.98 Å². The minimum absolute atomic E-state index is 0.0958. The summed E-state index contributed by atoms with van der Waals surface area (Å²) in [5.41, 5.74) is 2.41. The topological polar surface area (TPSA) is 34.1 Å². The van der Waals surface area contributed by atoms with E-state index < -0.39 is 0 Å². The molecule has 0 radical (unpaired) electrons. The lowest BCUT2D eigenvalue weighted by Gasteiger charge is -2.42. The highest BCUT2D eigenvalue weighted by atomic mass is 16.5. The van der Waals surface area contributed by atoms with Gasteiger partial charge in [0.2, 0.25) is 0 Å². The van der Waals surface area contributed by atoms with Crippen molar-refractivity contribution in [3.63, 3.8) is 0 Å². The third-order valence-corrected chi connectivity index (χ3v) is 3.96. The van der Waals surface area contributed by atoms with Crippen LogP contribution in [0.4, 0.5) is 0 Å². The highest BCUT2D eigenvalue weighted by Gasteiger charge is 2.39. The fourth-order valence-electron chi connectivity index (χ4n) is 2.51. The Morgan fingerprint density at radius 2 is 2.24 bits per heavy atom. The van der Waals surface area contributed by atoms with Gasteiger partial charge in [-0.15, -0.1) is 0 Å². The van der Waals surface area contributed by atoms with E-state index in [1.807, 2.05) is 27.3 Å². The summed E-state index contributed by atoms with van der Waals surface area (Å²) in [5, 5.41) is 3.38. The Balaban J connectivity index is 2.08. The van der Waals surface area contributed by atoms with Gasteiger partial charge in [0.25, 0.3) is 0 Å². The molecular formula is C14H22N2O. The lowest BCUT2D eigenvalue weighted by atomic mass is 9.75. The van der Waals surface area contributed by atoms with Crippen molar-refractivity contribution in [2.24, 2.45) is 0 Å². The summed E-state index contributed by atoms with van der Waals surface area (Å²) in [7, 11) is 3.84. The van der Waals surface area contributed by atoms with Crippen LogP contribution in [0.3, 0.4) is 0 Å². The fraction of sp³-hybridized carbons (Fsp3) is 0.643. The predicted molar refractivity (Wildman–Crippen MR) is 69.0 cm³/mol. The second-order valence-corrected chi connectivity index (χ2v) is 5.02. The van der Waals surface area contributed by atoms with Gasteiger partial charge < -0.3 is 10.1 Å². The zero-order chi connectivity index (χ0) is 12.3. The quantitative estimate of drug-likeness (QED) is 0.850. The molecule has 1 aliphatic rings. The molecule has 1 heterocycles. The minimum Gasteiger partial charge on any atom is -0.378 e. The Bertz CT molecular complexity index is 351. The van der Waals surface area contributed by atoms with Crippen LogP contribution in [0.15, 0.2) is 18.3 Å². The van der Waals surface area contributed by atoms with E-state index in [0.717, 1.165) is 12.1 Å². The molecule has 0 saturated heterocycles. The summed E-state index contributed by atoms with van der Waals surface area (Å²) in [4.78, 5) is 4.37. The Morgan fingerprint density at radius 3 is 2.65 bits per heavy atom. The van der Waals surface area contributed by atoms with Crippen molar-refractivity contribution in [1.29, 1.82) is 0 Å². The molecular weight excluding hydrogens is 212 g/mol. The highest BCUT2D eigenvalue weighted by molar-refractivity contribution is 5.18. The van der Waals surface area contributed by atoms with Gasteiger partial charge in [0, 0.05) is 25.0 Å². The van der Waals surface area contributed by atoms with E-state index >= 15 is 0 Å². The van der Waals surface area contributed by atoms with Gasteiger partial charge in [-0.2, -0.15) is 0 Å². The molecule has 1 unspecified atom stereocenters. The van der Waals surface area contributed by atoms with Gasteiger partial charge in [0.15, 0.2) is 0 Å². The molecule has 0 bridgehead atoms. The van der Waals surface area contributed by atoms with Crippen molar-refractivity contribution in [3.05, 3.63) is 29.6 Å². The Morgan fingerprint density at radius 1 is 1.47 bits per heavy atom. The van der Waals surface area contributed by atoms with E-state index in [4.69, 9.17) is 4.74 Å². The van der Waals surface area contributed by atoms with Crippen LogP contribution < -0.4 is 5.32 Å². The van der Waals surface area contributed by atoms with Crippen molar-refractivity contribution < 1.29 is 4.74 Å². The zero-order valence-electron chi connectivity index (χ0n) is 11.0. The molecule has 94 valence electrons. The first-order valence-corrected chi connectivity index (χ1v) is 6.34. The molecule has 1 atom stereocenters. The predicted octanol–water partition coefficient (Wildman–Crippen LogP) is 2.61. The molecule has 1 aromatic rings. The highest BCUT2D eigenvalue weighted by Crippen LogP contribution is 2.41. The number of aromatic nitrogens is 1. The van der Waals surface area contributed by atoms with Crippen LogP contribution in [0.2, 0.25) is 0 Å². The Labute approximate surface area is 104 Å². The van der Waals surface area contributed by atoms with Gasteiger partial charge in [-0.1, -0.05) is 6.07 Å². The van der Waals surface area contributed by atoms with Crippen LogP contribution in [0.5, 0.6) is 0 Å². The Kier molecular flexibility index (Phi) is 3.79. The van der Waals surface area contributed by atoms with E-state index in [1.165, 1.54) is 24.8 Å². The molecule has 0 amide bonds. The number of hydrogen-bond acceptors (Lipinski definition) is 3. The molecule has 2 rings (SSSR count). The normalized spacial score (nSPS) is 19.7. The number of hydrogen-bond donors (Lipinski definition) is 1. The maximum absolute atomic E-state index is 5.69. The van der Waals surface area contributed by atoms with Crippen LogP contribution in [0, 0.1) is 6.92 Å². The summed E-state index contributed by atoms with van der Waals surface area (Å²) < 4.78 is 5.69. The van der Waals surface area contributed by atoms with E-state index in [9.17, 15) is 0 Å². The average molecular weight is 234 g/mol. The molecule has 0 spiro atoms. The molecule has 1 aromatic heterocycles. The van der Waals surface area contributed by atoms with Crippen LogP contribution in [-0.2, 0) is 4.74 Å². The van der Waals surface area contributed by atoms with Crippen molar-refractivity contribution in [2.75, 3.05) is 14.2 Å². The second-order valence-electron chi connectivity index (χ2n) is 5.02. The third kappa shape index (κ3) is 2.67. The molecule has 1 saturated carbocycles. The SMILES string of the molecule is CNC(CC1(OC)CCC1)c1ccc(C)nc1. The summed E-state index contributed by atoms with van der Waals surface area (Å²) in [6.07, 6.45) is 6.65. The largest absolute Gasteiger partial charge is 0.378 e. The lowest BCUT2D eigenvalue weighted by Crippen LogP contribution is -2.42. The molecule has 1 aliphatic carbocycles. The minimum atomic E-state index is 0.0958. The summed E-state index contributed by atoms with van der Waals surface area (Å²) in [5.74, 6) is 0. The molecule has 0 aromatic carbocycles. The zero-order valence-corrected chi connectivity index (χ0v) is 11.0. The number of nitrogens with one attached hydrogen (secondary N) is 1. The number of ether oxygens (including phenoxy) is 1.